The maximum atomic E-state index is 11.9. The molecule has 3 aliphatic rings. The van der Waals surface area contributed by atoms with Gasteiger partial charge >= 0.3 is 5.97 Å². The van der Waals surface area contributed by atoms with Gasteiger partial charge in [-0.3, -0.25) is 9.79 Å². The minimum absolute atomic E-state index is 0.00279. The number of nitrogens with zero attached hydrogens (tertiary/aromatic N) is 2. The number of hydrogen-bond donors (Lipinski definition) is 1. The first-order valence-corrected chi connectivity index (χ1v) is 11.7. The third-order valence-electron chi connectivity index (χ3n) is 6.91. The molecule has 1 N–H and O–H groups in total. The molecule has 0 bridgehead atoms. The van der Waals surface area contributed by atoms with Gasteiger partial charge in [0.25, 0.3) is 0 Å². The molecule has 31 heavy (non-hydrogen) atoms. The molecule has 2 heterocycles. The summed E-state index contributed by atoms with van der Waals surface area (Å²) in [4.78, 5) is 19.3. The number of benzene rings is 1. The van der Waals surface area contributed by atoms with E-state index in [0.717, 1.165) is 69.3 Å². The maximum absolute atomic E-state index is 11.9. The first-order chi connectivity index (χ1) is 15.1. The van der Waals surface area contributed by atoms with E-state index in [0.29, 0.717) is 13.2 Å². The summed E-state index contributed by atoms with van der Waals surface area (Å²) in [6.45, 7) is 6.54. The second-order valence-corrected chi connectivity index (χ2v) is 8.80. The van der Waals surface area contributed by atoms with Crippen molar-refractivity contribution < 1.29 is 19.0 Å². The van der Waals surface area contributed by atoms with E-state index in [9.17, 15) is 4.79 Å². The van der Waals surface area contributed by atoms with Crippen LogP contribution in [0.15, 0.2) is 23.2 Å². The van der Waals surface area contributed by atoms with E-state index >= 15 is 0 Å². The van der Waals surface area contributed by atoms with Crippen LogP contribution in [0, 0.1) is 5.92 Å². The van der Waals surface area contributed by atoms with Crippen molar-refractivity contribution in [3.63, 3.8) is 0 Å². The summed E-state index contributed by atoms with van der Waals surface area (Å²) >= 11 is 0. The topological polar surface area (TPSA) is 72.4 Å². The van der Waals surface area contributed by atoms with Crippen LogP contribution in [0.4, 0.5) is 0 Å². The van der Waals surface area contributed by atoms with Crippen molar-refractivity contribution >= 4 is 11.9 Å². The molecule has 4 rings (SSSR count). The van der Waals surface area contributed by atoms with Crippen molar-refractivity contribution in [2.45, 2.75) is 50.9 Å². The number of ether oxygens (including phenoxy) is 3. The lowest BCUT2D eigenvalue weighted by molar-refractivity contribution is -0.146. The zero-order valence-electron chi connectivity index (χ0n) is 18.8. The monoisotopic (exact) mass is 429 g/mol. The van der Waals surface area contributed by atoms with Crippen LogP contribution < -0.4 is 14.8 Å². The predicted molar refractivity (Wildman–Crippen MR) is 120 cm³/mol. The van der Waals surface area contributed by atoms with Crippen molar-refractivity contribution in [3.05, 3.63) is 23.8 Å². The highest BCUT2D eigenvalue weighted by Gasteiger charge is 2.37. The van der Waals surface area contributed by atoms with E-state index in [1.54, 1.807) is 0 Å². The summed E-state index contributed by atoms with van der Waals surface area (Å²) in [5, 5.41) is 3.47. The molecular formula is C24H35N3O4. The van der Waals surface area contributed by atoms with Crippen LogP contribution in [-0.4, -0.2) is 63.3 Å². The average Bonchev–Trinajstić information content (AvgIpc) is 3.31. The van der Waals surface area contributed by atoms with Gasteiger partial charge in [-0.25, -0.2) is 0 Å². The van der Waals surface area contributed by atoms with Gasteiger partial charge < -0.3 is 24.4 Å². The normalized spacial score (nSPS) is 21.1. The van der Waals surface area contributed by atoms with Gasteiger partial charge in [-0.15, -0.1) is 0 Å². The molecule has 1 aliphatic carbocycles. The highest BCUT2D eigenvalue weighted by atomic mass is 16.6. The number of methoxy groups -OCH3 is 1. The lowest BCUT2D eigenvalue weighted by atomic mass is 9.78. The summed E-state index contributed by atoms with van der Waals surface area (Å²) in [7, 11) is 1.47. The van der Waals surface area contributed by atoms with Crippen LogP contribution in [0.1, 0.15) is 51.0 Å². The zero-order valence-corrected chi connectivity index (χ0v) is 18.8. The third kappa shape index (κ3) is 4.75. The maximum Gasteiger partial charge on any atom is 0.308 e. The molecule has 0 atom stereocenters. The number of hydrogen-bond acceptors (Lipinski definition) is 5. The van der Waals surface area contributed by atoms with Gasteiger partial charge in [-0.2, -0.15) is 0 Å². The Morgan fingerprint density at radius 2 is 1.90 bits per heavy atom. The van der Waals surface area contributed by atoms with Crippen LogP contribution >= 0.6 is 0 Å². The Kier molecular flexibility index (Phi) is 6.88. The number of carbonyl (C=O) groups excluding carboxylic acids is 1. The smallest absolute Gasteiger partial charge is 0.308 e. The summed E-state index contributed by atoms with van der Waals surface area (Å²) < 4.78 is 16.5. The Labute approximate surface area is 185 Å². The van der Waals surface area contributed by atoms with E-state index in [4.69, 9.17) is 19.2 Å². The minimum atomic E-state index is -0.0925. The summed E-state index contributed by atoms with van der Waals surface area (Å²) in [5.74, 6) is 2.56. The SMILES string of the molecule is CCNC(=NCC1(c2ccc3c(c2)OCCO3)CCCC1)N1CCC(C(=O)OC)CC1. The van der Waals surface area contributed by atoms with Gasteiger partial charge in [-0.05, 0) is 50.3 Å². The molecule has 0 spiro atoms. The summed E-state index contributed by atoms with van der Waals surface area (Å²) in [5.41, 5.74) is 1.35. The molecule has 0 unspecified atom stereocenters. The number of likely N-dealkylation sites (tertiary alicyclic amines) is 1. The first-order valence-electron chi connectivity index (χ1n) is 11.7. The number of rotatable bonds is 5. The van der Waals surface area contributed by atoms with Gasteiger partial charge in [0.2, 0.25) is 0 Å². The highest BCUT2D eigenvalue weighted by molar-refractivity contribution is 5.80. The van der Waals surface area contributed by atoms with E-state index in [1.807, 2.05) is 0 Å². The quantitative estimate of drug-likeness (QED) is 0.441. The molecule has 2 aliphatic heterocycles. The van der Waals surface area contributed by atoms with E-state index < -0.39 is 0 Å². The third-order valence-corrected chi connectivity index (χ3v) is 6.91. The number of guanidine groups is 1. The van der Waals surface area contributed by atoms with Crippen LogP contribution in [0.25, 0.3) is 0 Å². The fourth-order valence-corrected chi connectivity index (χ4v) is 5.11. The average molecular weight is 430 g/mol. The number of piperidine rings is 1. The van der Waals surface area contributed by atoms with Crippen molar-refractivity contribution in [2.75, 3.05) is 46.5 Å². The van der Waals surface area contributed by atoms with Crippen LogP contribution in [0.5, 0.6) is 11.5 Å². The highest BCUT2D eigenvalue weighted by Crippen LogP contribution is 2.44. The molecule has 1 saturated carbocycles. The van der Waals surface area contributed by atoms with Crippen LogP contribution in [0.2, 0.25) is 0 Å². The molecule has 2 fully saturated rings. The summed E-state index contributed by atoms with van der Waals surface area (Å²) in [6.07, 6.45) is 6.35. The van der Waals surface area contributed by atoms with E-state index in [-0.39, 0.29) is 17.3 Å². The molecule has 1 saturated heterocycles. The number of fused-ring (bicyclic) bond motifs is 1. The molecule has 0 radical (unpaired) electrons. The van der Waals surface area contributed by atoms with Gasteiger partial charge in [0.05, 0.1) is 19.6 Å². The Morgan fingerprint density at radius 3 is 2.58 bits per heavy atom. The molecule has 170 valence electrons. The number of aliphatic imine (C=N–C) groups is 1. The fraction of sp³-hybridized carbons (Fsp3) is 0.667. The Bertz CT molecular complexity index is 796. The molecule has 1 aromatic rings. The van der Waals surface area contributed by atoms with Crippen molar-refractivity contribution in [1.82, 2.24) is 10.2 Å². The number of esters is 1. The largest absolute Gasteiger partial charge is 0.486 e. The fourth-order valence-electron chi connectivity index (χ4n) is 5.11. The van der Waals surface area contributed by atoms with Crippen LogP contribution in [0.3, 0.4) is 0 Å². The zero-order chi connectivity index (χ0) is 21.7. The van der Waals surface area contributed by atoms with Gasteiger partial charge in [0.1, 0.15) is 13.2 Å². The van der Waals surface area contributed by atoms with Crippen molar-refractivity contribution in [2.24, 2.45) is 10.9 Å². The molecule has 0 amide bonds. The number of carbonyl (C=O) groups is 1. The Balaban J connectivity index is 1.50. The Morgan fingerprint density at radius 1 is 1.19 bits per heavy atom. The van der Waals surface area contributed by atoms with Crippen molar-refractivity contribution in [3.8, 4) is 11.5 Å². The standard InChI is InChI=1S/C24H35N3O4/c1-3-25-23(27-12-8-18(9-13-27)22(28)29-2)26-17-24(10-4-5-11-24)19-6-7-20-21(16-19)31-15-14-30-20/h6-7,16,18H,3-5,8-15,17H2,1-2H3,(H,25,26). The predicted octanol–water partition coefficient (Wildman–Crippen LogP) is 3.12. The minimum Gasteiger partial charge on any atom is -0.486 e. The second kappa shape index (κ2) is 9.79. The molecule has 0 aromatic heterocycles. The van der Waals surface area contributed by atoms with E-state index in [1.165, 1.54) is 25.5 Å². The first kappa shape index (κ1) is 21.8. The molecule has 1 aromatic carbocycles. The summed E-state index contributed by atoms with van der Waals surface area (Å²) in [6, 6.07) is 6.42. The van der Waals surface area contributed by atoms with Gasteiger partial charge in [0, 0.05) is 25.0 Å². The second-order valence-electron chi connectivity index (χ2n) is 8.80. The van der Waals surface area contributed by atoms with Gasteiger partial charge in [-0.1, -0.05) is 18.9 Å². The molecular weight excluding hydrogens is 394 g/mol. The van der Waals surface area contributed by atoms with Gasteiger partial charge in [0.15, 0.2) is 17.5 Å². The Hall–Kier alpha value is -2.44. The van der Waals surface area contributed by atoms with Crippen LogP contribution in [-0.2, 0) is 14.9 Å². The van der Waals surface area contributed by atoms with Crippen molar-refractivity contribution in [1.29, 1.82) is 0 Å². The van der Waals surface area contributed by atoms with E-state index in [2.05, 4.69) is 35.3 Å². The molecule has 7 heteroatoms. The lowest BCUT2D eigenvalue weighted by Gasteiger charge is -2.34. The molecule has 7 nitrogen and oxygen atoms in total. The lowest BCUT2D eigenvalue weighted by Crippen LogP contribution is -2.47. The number of nitrogens with one attached hydrogen (secondary N) is 1.